The Balaban J connectivity index is 1.97. The molecule has 128 valence electrons. The molecule has 1 saturated carbocycles. The van der Waals surface area contributed by atoms with Crippen molar-refractivity contribution in [1.29, 1.82) is 0 Å². The molecule has 0 amide bonds. The van der Waals surface area contributed by atoms with Crippen LogP contribution in [0.15, 0.2) is 47.4 Å². The Bertz CT molecular complexity index is 817. The Labute approximate surface area is 143 Å². The second-order valence-corrected chi connectivity index (χ2v) is 8.18. The molecule has 3 rings (SSSR count). The van der Waals surface area contributed by atoms with Crippen molar-refractivity contribution in [3.05, 3.63) is 59.2 Å². The van der Waals surface area contributed by atoms with Crippen molar-refractivity contribution >= 4 is 10.0 Å². The molecule has 1 fully saturated rings. The molecule has 0 atom stereocenters. The molecule has 0 aliphatic heterocycles. The third kappa shape index (κ3) is 2.94. The van der Waals surface area contributed by atoms with E-state index in [1.54, 1.807) is 19.2 Å². The zero-order valence-electron chi connectivity index (χ0n) is 14.3. The van der Waals surface area contributed by atoms with Crippen LogP contribution in [0, 0.1) is 13.8 Å². The van der Waals surface area contributed by atoms with Gasteiger partial charge in [-0.3, -0.25) is 0 Å². The van der Waals surface area contributed by atoms with E-state index in [0.717, 1.165) is 41.7 Å². The molecule has 5 heteroatoms. The number of benzene rings is 2. The van der Waals surface area contributed by atoms with Gasteiger partial charge in [0.15, 0.2) is 0 Å². The molecule has 2 aromatic carbocycles. The van der Waals surface area contributed by atoms with Crippen molar-refractivity contribution in [2.45, 2.75) is 43.5 Å². The molecule has 2 aromatic rings. The lowest BCUT2D eigenvalue weighted by atomic mass is 9.73. The fraction of sp³-hybridized carbons (Fsp3) is 0.368. The van der Waals surface area contributed by atoms with Gasteiger partial charge in [-0.05, 0) is 61.9 Å². The van der Waals surface area contributed by atoms with Crippen molar-refractivity contribution in [3.8, 4) is 5.75 Å². The topological polar surface area (TPSA) is 55.4 Å². The molecule has 1 aliphatic rings. The summed E-state index contributed by atoms with van der Waals surface area (Å²) in [6, 6.07) is 13.2. The fourth-order valence-corrected chi connectivity index (χ4v) is 5.06. The Kier molecular flexibility index (Phi) is 4.40. The first-order valence-electron chi connectivity index (χ1n) is 8.13. The van der Waals surface area contributed by atoms with Crippen molar-refractivity contribution in [3.63, 3.8) is 0 Å². The van der Waals surface area contributed by atoms with E-state index in [1.807, 2.05) is 44.2 Å². The number of nitrogens with one attached hydrogen (secondary N) is 1. The number of aryl methyl sites for hydroxylation is 2. The van der Waals surface area contributed by atoms with Gasteiger partial charge in [-0.15, -0.1) is 0 Å². The van der Waals surface area contributed by atoms with Crippen LogP contribution in [0.2, 0.25) is 0 Å². The highest BCUT2D eigenvalue weighted by atomic mass is 32.2. The molecule has 0 saturated heterocycles. The van der Waals surface area contributed by atoms with Gasteiger partial charge in [0, 0.05) is 0 Å². The molecule has 0 bridgehead atoms. The molecule has 0 heterocycles. The van der Waals surface area contributed by atoms with Crippen molar-refractivity contribution in [2.24, 2.45) is 0 Å². The van der Waals surface area contributed by atoms with Crippen LogP contribution in [-0.2, 0) is 15.6 Å². The summed E-state index contributed by atoms with van der Waals surface area (Å²) in [5.41, 5.74) is 2.18. The van der Waals surface area contributed by atoms with E-state index >= 15 is 0 Å². The van der Waals surface area contributed by atoms with Gasteiger partial charge in [-0.2, -0.15) is 0 Å². The van der Waals surface area contributed by atoms with Crippen LogP contribution in [0.3, 0.4) is 0 Å². The molecule has 0 radical (unpaired) electrons. The Morgan fingerprint density at radius 1 is 1.04 bits per heavy atom. The summed E-state index contributed by atoms with van der Waals surface area (Å²) in [6.07, 6.45) is 2.67. The highest BCUT2D eigenvalue weighted by Crippen LogP contribution is 2.42. The number of methoxy groups -OCH3 is 1. The fourth-order valence-electron chi connectivity index (χ4n) is 3.44. The molecule has 24 heavy (non-hydrogen) atoms. The summed E-state index contributed by atoms with van der Waals surface area (Å²) < 4.78 is 34.2. The zero-order valence-corrected chi connectivity index (χ0v) is 15.1. The highest BCUT2D eigenvalue weighted by Gasteiger charge is 2.42. The van der Waals surface area contributed by atoms with E-state index in [2.05, 4.69) is 4.72 Å². The summed E-state index contributed by atoms with van der Waals surface area (Å²) in [6.45, 7) is 3.72. The summed E-state index contributed by atoms with van der Waals surface area (Å²) in [5.74, 6) is 0.732. The highest BCUT2D eigenvalue weighted by molar-refractivity contribution is 7.89. The minimum absolute atomic E-state index is 0.292. The van der Waals surface area contributed by atoms with E-state index in [-0.39, 0.29) is 0 Å². The van der Waals surface area contributed by atoms with E-state index in [0.29, 0.717) is 4.90 Å². The second-order valence-electron chi connectivity index (χ2n) is 6.50. The number of hydrogen-bond acceptors (Lipinski definition) is 3. The molecule has 1 N–H and O–H groups in total. The maximum Gasteiger partial charge on any atom is 0.241 e. The SMILES string of the molecule is COc1c(C)cc(S(=O)(=O)NC2(c3ccccc3)CCC2)cc1C. The van der Waals surface area contributed by atoms with E-state index in [9.17, 15) is 8.42 Å². The molecule has 0 unspecified atom stereocenters. The van der Waals surface area contributed by atoms with Gasteiger partial charge in [0.25, 0.3) is 0 Å². The van der Waals surface area contributed by atoms with Gasteiger partial charge in [0.1, 0.15) is 5.75 Å². The van der Waals surface area contributed by atoms with Crippen LogP contribution in [0.1, 0.15) is 36.0 Å². The first kappa shape index (κ1) is 17.0. The van der Waals surface area contributed by atoms with Gasteiger partial charge >= 0.3 is 0 Å². The average molecular weight is 345 g/mol. The molecule has 0 aromatic heterocycles. The van der Waals surface area contributed by atoms with Crippen LogP contribution in [0.5, 0.6) is 5.75 Å². The van der Waals surface area contributed by atoms with Crippen LogP contribution in [-0.4, -0.2) is 15.5 Å². The van der Waals surface area contributed by atoms with Gasteiger partial charge < -0.3 is 4.74 Å². The Morgan fingerprint density at radius 2 is 1.62 bits per heavy atom. The third-order valence-corrected chi connectivity index (χ3v) is 6.33. The number of rotatable bonds is 5. The monoisotopic (exact) mass is 345 g/mol. The molecule has 0 spiro atoms. The third-order valence-electron chi connectivity index (χ3n) is 4.81. The molecular formula is C19H23NO3S. The van der Waals surface area contributed by atoms with Crippen LogP contribution >= 0.6 is 0 Å². The molecular weight excluding hydrogens is 322 g/mol. The lowest BCUT2D eigenvalue weighted by Crippen LogP contribution is -2.50. The number of sulfonamides is 1. The predicted octanol–water partition coefficient (Wildman–Crippen LogP) is 3.67. The lowest BCUT2D eigenvalue weighted by Gasteiger charge is -2.42. The number of ether oxygens (including phenoxy) is 1. The summed E-state index contributed by atoms with van der Waals surface area (Å²) in [5, 5.41) is 0. The van der Waals surface area contributed by atoms with Crippen LogP contribution in [0.4, 0.5) is 0 Å². The minimum atomic E-state index is -3.60. The summed E-state index contributed by atoms with van der Waals surface area (Å²) >= 11 is 0. The number of hydrogen-bond donors (Lipinski definition) is 1. The normalized spacial score (nSPS) is 16.5. The van der Waals surface area contributed by atoms with Gasteiger partial charge in [0.2, 0.25) is 10.0 Å². The van der Waals surface area contributed by atoms with E-state index in [4.69, 9.17) is 4.74 Å². The van der Waals surface area contributed by atoms with E-state index < -0.39 is 15.6 Å². The van der Waals surface area contributed by atoms with Gasteiger partial charge in [0.05, 0.1) is 17.5 Å². The first-order chi connectivity index (χ1) is 11.4. The van der Waals surface area contributed by atoms with Crippen LogP contribution < -0.4 is 9.46 Å². The maximum atomic E-state index is 13.0. The van der Waals surface area contributed by atoms with E-state index in [1.165, 1.54) is 0 Å². The summed E-state index contributed by atoms with van der Waals surface area (Å²) in [4.78, 5) is 0.292. The maximum absolute atomic E-state index is 13.0. The Hall–Kier alpha value is -1.85. The van der Waals surface area contributed by atoms with Gasteiger partial charge in [-0.1, -0.05) is 30.3 Å². The first-order valence-corrected chi connectivity index (χ1v) is 9.61. The zero-order chi connectivity index (χ0) is 17.4. The second kappa shape index (κ2) is 6.22. The van der Waals surface area contributed by atoms with Crippen molar-refractivity contribution in [2.75, 3.05) is 7.11 Å². The smallest absolute Gasteiger partial charge is 0.241 e. The van der Waals surface area contributed by atoms with Crippen molar-refractivity contribution < 1.29 is 13.2 Å². The largest absolute Gasteiger partial charge is 0.496 e. The Morgan fingerprint density at radius 3 is 2.08 bits per heavy atom. The van der Waals surface area contributed by atoms with Crippen molar-refractivity contribution in [1.82, 2.24) is 4.72 Å². The quantitative estimate of drug-likeness (QED) is 0.899. The molecule has 1 aliphatic carbocycles. The van der Waals surface area contributed by atoms with Crippen LogP contribution in [0.25, 0.3) is 0 Å². The minimum Gasteiger partial charge on any atom is -0.496 e. The standard InChI is InChI=1S/C19H23NO3S/c1-14-12-17(13-15(2)18(14)23-3)24(21,22)20-19(10-7-11-19)16-8-5-4-6-9-16/h4-6,8-9,12-13,20H,7,10-11H2,1-3H3. The predicted molar refractivity (Wildman–Crippen MR) is 94.8 cm³/mol. The summed E-state index contributed by atoms with van der Waals surface area (Å²) in [7, 11) is -2.00. The van der Waals surface area contributed by atoms with Gasteiger partial charge in [-0.25, -0.2) is 13.1 Å². The average Bonchev–Trinajstić information content (AvgIpc) is 2.51. The lowest BCUT2D eigenvalue weighted by molar-refractivity contribution is 0.224. The molecule has 4 nitrogen and oxygen atoms in total.